The Kier molecular flexibility index (Phi) is 5.22. The summed E-state index contributed by atoms with van der Waals surface area (Å²) < 4.78 is 5.40. The molecule has 0 bridgehead atoms. The fourth-order valence-electron chi connectivity index (χ4n) is 3.13. The van der Waals surface area contributed by atoms with Crippen molar-refractivity contribution in [1.29, 1.82) is 0 Å². The molecule has 2 aliphatic rings. The van der Waals surface area contributed by atoms with Gasteiger partial charge in [-0.3, -0.25) is 4.79 Å². The van der Waals surface area contributed by atoms with E-state index in [-0.39, 0.29) is 12.0 Å². The summed E-state index contributed by atoms with van der Waals surface area (Å²) in [7, 11) is 0. The Labute approximate surface area is 125 Å². The molecule has 6 nitrogen and oxygen atoms in total. The van der Waals surface area contributed by atoms with Crippen LogP contribution in [0.3, 0.4) is 0 Å². The number of rotatable bonds is 5. The van der Waals surface area contributed by atoms with Crippen LogP contribution in [0.2, 0.25) is 0 Å². The van der Waals surface area contributed by atoms with Crippen LogP contribution in [0.25, 0.3) is 0 Å². The van der Waals surface area contributed by atoms with E-state index in [2.05, 4.69) is 10.6 Å². The first-order chi connectivity index (χ1) is 9.91. The van der Waals surface area contributed by atoms with Crippen LogP contribution in [0.4, 0.5) is 0 Å². The molecule has 2 saturated heterocycles. The van der Waals surface area contributed by atoms with Crippen molar-refractivity contribution in [3.8, 4) is 0 Å². The Balaban J connectivity index is 1.79. The van der Waals surface area contributed by atoms with Crippen molar-refractivity contribution in [3.63, 3.8) is 0 Å². The zero-order valence-electron chi connectivity index (χ0n) is 12.9. The molecule has 2 rings (SSSR count). The van der Waals surface area contributed by atoms with Gasteiger partial charge in [0.1, 0.15) is 0 Å². The predicted octanol–water partition coefficient (Wildman–Crippen LogP) is 0.761. The first kappa shape index (κ1) is 16.2. The van der Waals surface area contributed by atoms with Crippen LogP contribution >= 0.6 is 0 Å². The Morgan fingerprint density at radius 2 is 2.10 bits per heavy atom. The molecule has 0 saturated carbocycles. The zero-order valence-corrected chi connectivity index (χ0v) is 12.9. The number of carbonyl (C=O) groups is 2. The molecule has 21 heavy (non-hydrogen) atoms. The van der Waals surface area contributed by atoms with E-state index in [1.165, 1.54) is 0 Å². The fourth-order valence-corrected chi connectivity index (χ4v) is 3.13. The van der Waals surface area contributed by atoms with Gasteiger partial charge in [-0.1, -0.05) is 13.8 Å². The lowest BCUT2D eigenvalue weighted by Gasteiger charge is -2.36. The van der Waals surface area contributed by atoms with Gasteiger partial charge in [0.15, 0.2) is 6.10 Å². The third kappa shape index (κ3) is 3.95. The van der Waals surface area contributed by atoms with Crippen LogP contribution in [0.15, 0.2) is 0 Å². The average molecular weight is 298 g/mol. The van der Waals surface area contributed by atoms with E-state index in [4.69, 9.17) is 9.84 Å². The first-order valence-corrected chi connectivity index (χ1v) is 7.78. The van der Waals surface area contributed by atoms with Gasteiger partial charge >= 0.3 is 5.97 Å². The molecule has 3 N–H and O–H groups in total. The number of piperidine rings is 1. The van der Waals surface area contributed by atoms with Crippen LogP contribution in [0.5, 0.6) is 0 Å². The molecular weight excluding hydrogens is 272 g/mol. The Morgan fingerprint density at radius 1 is 1.33 bits per heavy atom. The van der Waals surface area contributed by atoms with E-state index in [1.54, 1.807) is 0 Å². The van der Waals surface area contributed by atoms with E-state index in [9.17, 15) is 9.59 Å². The highest BCUT2D eigenvalue weighted by molar-refractivity contribution is 5.82. The lowest BCUT2D eigenvalue weighted by atomic mass is 9.74. The molecule has 120 valence electrons. The summed E-state index contributed by atoms with van der Waals surface area (Å²) in [6.45, 7) is 6.26. The second kappa shape index (κ2) is 6.75. The second-order valence-corrected chi connectivity index (χ2v) is 6.64. The Morgan fingerprint density at radius 3 is 2.67 bits per heavy atom. The van der Waals surface area contributed by atoms with Gasteiger partial charge in [0, 0.05) is 12.0 Å². The lowest BCUT2D eigenvalue weighted by Crippen LogP contribution is -2.48. The number of aliphatic carboxylic acids is 1. The standard InChI is InChI=1S/C15H26N2O4/c1-15(2,10-4-3-7-16-8-10)14(20)17-9-11-5-6-12(21-11)13(18)19/h10-12,16H,3-9H2,1-2H3,(H,17,20)(H,18,19). The molecule has 2 fully saturated rings. The number of carboxylic acids is 1. The van der Waals surface area contributed by atoms with Crippen molar-refractivity contribution in [3.05, 3.63) is 0 Å². The van der Waals surface area contributed by atoms with Gasteiger partial charge in [0.25, 0.3) is 0 Å². The summed E-state index contributed by atoms with van der Waals surface area (Å²) in [6.07, 6.45) is 2.47. The van der Waals surface area contributed by atoms with Crippen LogP contribution < -0.4 is 10.6 Å². The minimum absolute atomic E-state index is 0.0265. The zero-order chi connectivity index (χ0) is 15.5. The maximum absolute atomic E-state index is 12.4. The van der Waals surface area contributed by atoms with E-state index in [0.717, 1.165) is 25.9 Å². The molecule has 3 unspecified atom stereocenters. The highest BCUT2D eigenvalue weighted by Crippen LogP contribution is 2.32. The molecule has 6 heteroatoms. The molecule has 0 aromatic heterocycles. The van der Waals surface area contributed by atoms with Gasteiger partial charge in [-0.15, -0.1) is 0 Å². The quantitative estimate of drug-likeness (QED) is 0.697. The summed E-state index contributed by atoms with van der Waals surface area (Å²) in [6, 6.07) is 0. The lowest BCUT2D eigenvalue weighted by molar-refractivity contribution is -0.149. The van der Waals surface area contributed by atoms with Gasteiger partial charge in [0.05, 0.1) is 6.10 Å². The number of carboxylic acid groups (broad SMARTS) is 1. The van der Waals surface area contributed by atoms with E-state index in [1.807, 2.05) is 13.8 Å². The maximum atomic E-state index is 12.4. The molecule has 0 radical (unpaired) electrons. The van der Waals surface area contributed by atoms with Crippen molar-refractivity contribution in [2.75, 3.05) is 19.6 Å². The highest BCUT2D eigenvalue weighted by atomic mass is 16.5. The van der Waals surface area contributed by atoms with Crippen LogP contribution in [-0.2, 0) is 14.3 Å². The average Bonchev–Trinajstić information content (AvgIpc) is 2.94. The largest absolute Gasteiger partial charge is 0.479 e. The van der Waals surface area contributed by atoms with Crippen molar-refractivity contribution >= 4 is 11.9 Å². The molecule has 1 amide bonds. The SMILES string of the molecule is CC(C)(C(=O)NCC1CCC(C(=O)O)O1)C1CCCNC1. The van der Waals surface area contributed by atoms with Gasteiger partial charge in [-0.05, 0) is 44.7 Å². The molecule has 0 spiro atoms. The van der Waals surface area contributed by atoms with Gasteiger partial charge in [-0.2, -0.15) is 0 Å². The normalized spacial score (nSPS) is 30.1. The Bertz CT molecular complexity index is 391. The third-order valence-electron chi connectivity index (χ3n) is 4.78. The smallest absolute Gasteiger partial charge is 0.332 e. The summed E-state index contributed by atoms with van der Waals surface area (Å²) >= 11 is 0. The molecule has 0 aromatic rings. The first-order valence-electron chi connectivity index (χ1n) is 7.78. The van der Waals surface area contributed by atoms with Crippen molar-refractivity contribution in [2.45, 2.75) is 51.7 Å². The summed E-state index contributed by atoms with van der Waals surface area (Å²) in [5.74, 6) is -0.557. The van der Waals surface area contributed by atoms with Crippen molar-refractivity contribution in [2.24, 2.45) is 11.3 Å². The van der Waals surface area contributed by atoms with Crippen LogP contribution in [0, 0.1) is 11.3 Å². The van der Waals surface area contributed by atoms with Gasteiger partial charge < -0.3 is 20.5 Å². The van der Waals surface area contributed by atoms with Crippen molar-refractivity contribution in [1.82, 2.24) is 10.6 Å². The van der Waals surface area contributed by atoms with E-state index >= 15 is 0 Å². The third-order valence-corrected chi connectivity index (χ3v) is 4.78. The van der Waals surface area contributed by atoms with E-state index in [0.29, 0.717) is 25.3 Å². The summed E-state index contributed by atoms with van der Waals surface area (Å²) in [4.78, 5) is 23.3. The van der Waals surface area contributed by atoms with Gasteiger partial charge in [0.2, 0.25) is 5.91 Å². The molecule has 0 aliphatic carbocycles. The van der Waals surface area contributed by atoms with E-state index < -0.39 is 17.5 Å². The monoisotopic (exact) mass is 298 g/mol. The second-order valence-electron chi connectivity index (χ2n) is 6.64. The molecule has 0 aromatic carbocycles. The number of carbonyl (C=O) groups excluding carboxylic acids is 1. The fraction of sp³-hybridized carbons (Fsp3) is 0.867. The molecule has 2 aliphatic heterocycles. The van der Waals surface area contributed by atoms with Crippen LogP contribution in [0.1, 0.15) is 39.5 Å². The summed E-state index contributed by atoms with van der Waals surface area (Å²) in [5, 5.41) is 15.2. The van der Waals surface area contributed by atoms with Crippen molar-refractivity contribution < 1.29 is 19.4 Å². The minimum Gasteiger partial charge on any atom is -0.479 e. The topological polar surface area (TPSA) is 87.7 Å². The number of amides is 1. The predicted molar refractivity (Wildman–Crippen MR) is 77.9 cm³/mol. The van der Waals surface area contributed by atoms with Gasteiger partial charge in [-0.25, -0.2) is 4.79 Å². The minimum atomic E-state index is -0.919. The maximum Gasteiger partial charge on any atom is 0.332 e. The number of hydrogen-bond donors (Lipinski definition) is 3. The highest BCUT2D eigenvalue weighted by Gasteiger charge is 2.38. The molecular formula is C15H26N2O4. The number of nitrogens with one attached hydrogen (secondary N) is 2. The van der Waals surface area contributed by atoms with Crippen LogP contribution in [-0.4, -0.2) is 48.8 Å². The molecule has 3 atom stereocenters. The summed E-state index contributed by atoms with van der Waals surface area (Å²) in [5.41, 5.74) is -0.418. The molecule has 2 heterocycles. The number of hydrogen-bond acceptors (Lipinski definition) is 4. The Hall–Kier alpha value is -1.14. The number of ether oxygens (including phenoxy) is 1.